The molecule has 0 fully saturated rings. The fourth-order valence-electron chi connectivity index (χ4n) is 2.21. The average Bonchev–Trinajstić information content (AvgIpc) is 2.72. The first-order valence-corrected chi connectivity index (χ1v) is 10.1. The predicted molar refractivity (Wildman–Crippen MR) is 109 cm³/mol. The first-order chi connectivity index (χ1) is 13.8. The van der Waals surface area contributed by atoms with Gasteiger partial charge in [0.2, 0.25) is 0 Å². The minimum Gasteiger partial charge on any atom is -0.460 e. The molecule has 1 rings (SSSR count). The van der Waals surface area contributed by atoms with Crippen LogP contribution in [-0.4, -0.2) is 72.0 Å². The van der Waals surface area contributed by atoms with Gasteiger partial charge in [-0.1, -0.05) is 13.3 Å². The number of benzene rings is 1. The maximum Gasteiger partial charge on any atom is 0.338 e. The molecule has 0 aliphatic rings. The predicted octanol–water partition coefficient (Wildman–Crippen LogP) is 3.14. The fraction of sp³-hybridized carbons (Fsp3) is 0.667. The average molecular weight is 398 g/mol. The Bertz CT molecular complexity index is 494. The molecular weight excluding hydrogens is 362 g/mol. The zero-order valence-corrected chi connectivity index (χ0v) is 17.2. The van der Waals surface area contributed by atoms with E-state index in [4.69, 9.17) is 23.7 Å². The molecule has 0 amide bonds. The second-order valence-electron chi connectivity index (χ2n) is 6.03. The van der Waals surface area contributed by atoms with Crippen LogP contribution in [0.5, 0.6) is 0 Å². The minimum atomic E-state index is -0.343. The van der Waals surface area contributed by atoms with Gasteiger partial charge in [0.25, 0.3) is 0 Å². The smallest absolute Gasteiger partial charge is 0.338 e. The quantitative estimate of drug-likeness (QED) is 0.301. The Hall–Kier alpha value is -1.67. The van der Waals surface area contributed by atoms with E-state index in [-0.39, 0.29) is 12.6 Å². The molecule has 0 saturated heterocycles. The third kappa shape index (κ3) is 12.7. The number of anilines is 1. The monoisotopic (exact) mass is 397 g/mol. The second kappa shape index (κ2) is 17.4. The third-order valence-corrected chi connectivity index (χ3v) is 3.76. The number of unbranched alkanes of at least 4 members (excludes halogenated alkanes) is 1. The molecule has 0 aliphatic carbocycles. The van der Waals surface area contributed by atoms with Crippen LogP contribution in [0.2, 0.25) is 0 Å². The molecule has 0 saturated carbocycles. The highest BCUT2D eigenvalue weighted by molar-refractivity contribution is 5.89. The van der Waals surface area contributed by atoms with E-state index in [9.17, 15) is 4.79 Å². The lowest BCUT2D eigenvalue weighted by atomic mass is 10.2. The molecule has 0 atom stereocenters. The molecule has 1 aromatic carbocycles. The standard InChI is InChI=1S/C21H35NO6/c1-3-5-10-22-20-8-6-19(7-9-20)21(23)28-18-17-27-16-15-26-14-13-25-12-11-24-4-2/h6-9,22H,3-5,10-18H2,1-2H3. The molecule has 0 unspecified atom stereocenters. The zero-order valence-electron chi connectivity index (χ0n) is 17.2. The van der Waals surface area contributed by atoms with E-state index < -0.39 is 0 Å². The van der Waals surface area contributed by atoms with Gasteiger partial charge in [0.1, 0.15) is 6.61 Å². The Balaban J connectivity index is 1.96. The number of hydrogen-bond donors (Lipinski definition) is 1. The number of esters is 1. The molecule has 0 radical (unpaired) electrons. The van der Waals surface area contributed by atoms with E-state index >= 15 is 0 Å². The maximum absolute atomic E-state index is 12.0. The first-order valence-electron chi connectivity index (χ1n) is 10.1. The number of carbonyl (C=O) groups is 1. The van der Waals surface area contributed by atoms with E-state index in [0.29, 0.717) is 58.4 Å². The van der Waals surface area contributed by atoms with E-state index in [2.05, 4.69) is 12.2 Å². The third-order valence-electron chi connectivity index (χ3n) is 3.76. The van der Waals surface area contributed by atoms with Crippen LogP contribution in [-0.2, 0) is 23.7 Å². The molecular formula is C21H35NO6. The summed E-state index contributed by atoms with van der Waals surface area (Å²) in [5.41, 5.74) is 1.54. The maximum atomic E-state index is 12.0. The van der Waals surface area contributed by atoms with Crippen LogP contribution in [0.1, 0.15) is 37.0 Å². The Morgan fingerprint density at radius 3 is 1.86 bits per heavy atom. The van der Waals surface area contributed by atoms with Crippen molar-refractivity contribution < 1.29 is 28.5 Å². The summed E-state index contributed by atoms with van der Waals surface area (Å²) in [5.74, 6) is -0.343. The zero-order chi connectivity index (χ0) is 20.3. The molecule has 7 nitrogen and oxygen atoms in total. The SMILES string of the molecule is CCCCNc1ccc(C(=O)OCCOCCOCCOCCOCC)cc1. The molecule has 0 bridgehead atoms. The molecule has 28 heavy (non-hydrogen) atoms. The van der Waals surface area contributed by atoms with Gasteiger partial charge in [0.05, 0.1) is 51.8 Å². The molecule has 0 heterocycles. The summed E-state index contributed by atoms with van der Waals surface area (Å²) < 4.78 is 26.4. The van der Waals surface area contributed by atoms with Crippen LogP contribution in [0.3, 0.4) is 0 Å². The Morgan fingerprint density at radius 2 is 1.32 bits per heavy atom. The summed E-state index contributed by atoms with van der Waals surface area (Å²) in [6, 6.07) is 7.31. The molecule has 1 N–H and O–H groups in total. The Morgan fingerprint density at radius 1 is 0.786 bits per heavy atom. The van der Waals surface area contributed by atoms with Crippen LogP contribution < -0.4 is 5.32 Å². The van der Waals surface area contributed by atoms with Crippen LogP contribution in [0.4, 0.5) is 5.69 Å². The van der Waals surface area contributed by atoms with Crippen LogP contribution in [0, 0.1) is 0 Å². The van der Waals surface area contributed by atoms with Crippen molar-refractivity contribution in [1.82, 2.24) is 0 Å². The largest absolute Gasteiger partial charge is 0.460 e. The van der Waals surface area contributed by atoms with Crippen molar-refractivity contribution in [2.45, 2.75) is 26.7 Å². The number of hydrogen-bond acceptors (Lipinski definition) is 7. The summed E-state index contributed by atoms with van der Waals surface area (Å²) in [4.78, 5) is 12.0. The van der Waals surface area contributed by atoms with Crippen molar-refractivity contribution in [1.29, 1.82) is 0 Å². The summed E-state index contributed by atoms with van der Waals surface area (Å²) in [6.45, 7) is 9.49. The van der Waals surface area contributed by atoms with Gasteiger partial charge in [-0.25, -0.2) is 4.79 Å². The topological polar surface area (TPSA) is 75.3 Å². The van der Waals surface area contributed by atoms with Crippen molar-refractivity contribution in [3.63, 3.8) is 0 Å². The Labute approximate surface area is 168 Å². The second-order valence-corrected chi connectivity index (χ2v) is 6.03. The van der Waals surface area contributed by atoms with Crippen molar-refractivity contribution in [2.75, 3.05) is 71.3 Å². The molecule has 160 valence electrons. The normalized spacial score (nSPS) is 10.8. The summed E-state index contributed by atoms with van der Waals surface area (Å²) in [6.07, 6.45) is 2.27. The van der Waals surface area contributed by atoms with Gasteiger partial charge in [0, 0.05) is 18.8 Å². The lowest BCUT2D eigenvalue weighted by molar-refractivity contribution is -0.00806. The number of ether oxygens (including phenoxy) is 5. The summed E-state index contributed by atoms with van der Waals surface area (Å²) >= 11 is 0. The van der Waals surface area contributed by atoms with Gasteiger partial charge >= 0.3 is 5.97 Å². The highest BCUT2D eigenvalue weighted by Gasteiger charge is 2.06. The first kappa shape index (κ1) is 24.4. The molecule has 0 aromatic heterocycles. The number of rotatable bonds is 18. The summed E-state index contributed by atoms with van der Waals surface area (Å²) in [5, 5.41) is 3.31. The van der Waals surface area contributed by atoms with E-state index in [1.54, 1.807) is 12.1 Å². The fourth-order valence-corrected chi connectivity index (χ4v) is 2.21. The highest BCUT2D eigenvalue weighted by Crippen LogP contribution is 2.10. The van der Waals surface area contributed by atoms with Gasteiger partial charge < -0.3 is 29.0 Å². The van der Waals surface area contributed by atoms with E-state index in [1.165, 1.54) is 0 Å². The molecule has 7 heteroatoms. The lowest BCUT2D eigenvalue weighted by Crippen LogP contribution is -2.14. The van der Waals surface area contributed by atoms with Gasteiger partial charge in [-0.3, -0.25) is 0 Å². The van der Waals surface area contributed by atoms with Gasteiger partial charge in [-0.05, 0) is 37.6 Å². The van der Waals surface area contributed by atoms with E-state index in [1.807, 2.05) is 19.1 Å². The van der Waals surface area contributed by atoms with Gasteiger partial charge in [-0.15, -0.1) is 0 Å². The number of carbonyl (C=O) groups excluding carboxylic acids is 1. The molecule has 1 aromatic rings. The Kier molecular flexibility index (Phi) is 15.2. The van der Waals surface area contributed by atoms with Crippen LogP contribution in [0.15, 0.2) is 24.3 Å². The van der Waals surface area contributed by atoms with E-state index in [0.717, 1.165) is 25.1 Å². The number of nitrogens with one attached hydrogen (secondary N) is 1. The summed E-state index contributed by atoms with van der Waals surface area (Å²) in [7, 11) is 0. The lowest BCUT2D eigenvalue weighted by Gasteiger charge is -2.08. The van der Waals surface area contributed by atoms with Crippen molar-refractivity contribution in [3.8, 4) is 0 Å². The van der Waals surface area contributed by atoms with Gasteiger partial charge in [0.15, 0.2) is 0 Å². The molecule has 0 aliphatic heterocycles. The highest BCUT2D eigenvalue weighted by atomic mass is 16.6. The van der Waals surface area contributed by atoms with Crippen molar-refractivity contribution >= 4 is 11.7 Å². The van der Waals surface area contributed by atoms with Crippen molar-refractivity contribution in [2.24, 2.45) is 0 Å². The van der Waals surface area contributed by atoms with Crippen molar-refractivity contribution in [3.05, 3.63) is 29.8 Å². The minimum absolute atomic E-state index is 0.218. The molecule has 0 spiro atoms. The van der Waals surface area contributed by atoms with Gasteiger partial charge in [-0.2, -0.15) is 0 Å². The van der Waals surface area contributed by atoms with Crippen LogP contribution in [0.25, 0.3) is 0 Å². The van der Waals surface area contributed by atoms with Crippen LogP contribution >= 0.6 is 0 Å².